The van der Waals surface area contributed by atoms with E-state index in [0.717, 1.165) is 48.1 Å². The number of rotatable bonds is 22. The maximum atomic E-state index is 13.3. The molecule has 10 N–H and O–H groups in total. The number of hydrogen-bond acceptors (Lipinski definition) is 24. The van der Waals surface area contributed by atoms with Gasteiger partial charge in [-0.25, -0.2) is 35.0 Å². The highest BCUT2D eigenvalue weighted by Gasteiger charge is 2.40. The van der Waals surface area contributed by atoms with Gasteiger partial charge in [-0.2, -0.15) is 8.42 Å². The van der Waals surface area contributed by atoms with E-state index in [1.165, 1.54) is 60.1 Å². The molecule has 3 aliphatic rings. The van der Waals surface area contributed by atoms with Gasteiger partial charge in [0.15, 0.2) is 16.6 Å². The second-order valence-corrected chi connectivity index (χ2v) is 43.2. The summed E-state index contributed by atoms with van der Waals surface area (Å²) in [5.74, 6) is 1.45. The number of halogens is 4. The Labute approximate surface area is 585 Å². The normalized spacial score (nSPS) is 21.5. The van der Waals surface area contributed by atoms with Gasteiger partial charge < -0.3 is 45.6 Å². The summed E-state index contributed by atoms with van der Waals surface area (Å²) < 4.78 is 40.4. The minimum absolute atomic E-state index is 0.100. The van der Waals surface area contributed by atoms with Crippen LogP contribution in [0.4, 0.5) is 11.6 Å². The van der Waals surface area contributed by atoms with E-state index in [9.17, 15) is 38.1 Å². The van der Waals surface area contributed by atoms with Crippen molar-refractivity contribution in [2.24, 2.45) is 40.5 Å². The summed E-state index contributed by atoms with van der Waals surface area (Å²) in [6.07, 6.45) is 12.2. The molecule has 3 aliphatic carbocycles. The van der Waals surface area contributed by atoms with Crippen LogP contribution in [0.3, 0.4) is 0 Å². The molecule has 94 heavy (non-hydrogen) atoms. The zero-order valence-corrected chi connectivity index (χ0v) is 63.2. The van der Waals surface area contributed by atoms with Crippen molar-refractivity contribution < 1.29 is 56.3 Å². The molecule has 32 heteroatoms. The third-order valence-corrected chi connectivity index (χ3v) is 32.2. The summed E-state index contributed by atoms with van der Waals surface area (Å²) >= 11 is 28.3. The predicted molar refractivity (Wildman–Crippen MR) is 378 cm³/mol. The first kappa shape index (κ1) is 79.1. The second kappa shape index (κ2) is 34.3. The van der Waals surface area contributed by atoms with Gasteiger partial charge in [-0.05, 0) is 117 Å². The first-order valence-corrected chi connectivity index (χ1v) is 41.9. The van der Waals surface area contributed by atoms with Gasteiger partial charge in [0.25, 0.3) is 0 Å². The van der Waals surface area contributed by atoms with Gasteiger partial charge >= 0.3 is 10.3 Å². The van der Waals surface area contributed by atoms with Gasteiger partial charge in [0.1, 0.15) is 35.8 Å². The molecular weight excluding hydrogens is 1400 g/mol. The van der Waals surface area contributed by atoms with Crippen molar-refractivity contribution in [2.75, 3.05) is 30.5 Å². The molecule has 0 unspecified atom stereocenters. The van der Waals surface area contributed by atoms with Crippen LogP contribution in [0, 0.1) is 29.6 Å². The molecule has 22 nitrogen and oxygen atoms in total. The Morgan fingerprint density at radius 1 is 0.606 bits per heavy atom. The summed E-state index contributed by atoms with van der Waals surface area (Å²) in [6.45, 7) is 27.0. The Hall–Kier alpha value is -3.87. The van der Waals surface area contributed by atoms with E-state index in [4.69, 9.17) is 71.2 Å². The maximum Gasteiger partial charge on any atom is 0.333 e. The van der Waals surface area contributed by atoms with Gasteiger partial charge in [0.2, 0.25) is 17.3 Å². The lowest BCUT2D eigenvalue weighted by atomic mass is 10.00. The van der Waals surface area contributed by atoms with E-state index in [2.05, 4.69) is 126 Å². The fourth-order valence-electron chi connectivity index (χ4n) is 10.2. The first-order valence-electron chi connectivity index (χ1n) is 30.7. The van der Waals surface area contributed by atoms with Crippen LogP contribution in [0.15, 0.2) is 55.8 Å². The molecule has 6 heterocycles. The molecule has 0 aliphatic heterocycles. The van der Waals surface area contributed by atoms with E-state index in [1.54, 1.807) is 12.3 Å². The molecule has 0 aromatic carbocycles. The standard InChI is InChI=1S/C23H34ClN3O3SSi.C16H20Cl2N2O2SSi.C16H19ClN4O6S2.C7H15NO/c1-14-7-17(8-15(14)11-28)27-22-18(10-25-13-26-22)20(29)19-9-16(21(24)31-19)12-30-32(5,6)23(2,3)4;1-16(2,3)24(4,5)22-8-10-6-12(23-15(10)18)13(21)11-7-19-9-20-14(11)17;17-15-8(5-22)2-13(28-15)14(24)11-4-19-7-20-16(11)21-10-1-9(12(23)3-10)6-27-29(18,25)26;1-5-2-7(8)3-6(5)4-9/h9-10,13-15,17,28H,7-8,11-12H2,1-6H3,(H,25,26,27);6-7,9H,8H2,1-5H3;2,4,7,9-10,12,22-23H,1,3,5-6H2,(H2,18,25,26)(H,19,20,21);5-7,9H,2-4,8H2,1H3/t14-,15+,17-;;9-,10-,12+;5-,6+,7-/m0.10/s1. The van der Waals surface area contributed by atoms with Crippen LogP contribution in [0.2, 0.25) is 54.4 Å². The van der Waals surface area contributed by atoms with E-state index >= 15 is 0 Å². The maximum absolute atomic E-state index is 13.3. The van der Waals surface area contributed by atoms with E-state index in [1.807, 2.05) is 6.07 Å². The minimum Gasteiger partial charge on any atom is -0.412 e. The smallest absolute Gasteiger partial charge is 0.333 e. The number of thiophene rings is 3. The molecule has 518 valence electrons. The lowest BCUT2D eigenvalue weighted by Crippen LogP contribution is -2.40. The third-order valence-electron chi connectivity index (χ3n) is 18.1. The van der Waals surface area contributed by atoms with Gasteiger partial charge in [0.05, 0.1) is 76.9 Å². The molecule has 0 spiro atoms. The fraction of sp³-hybridized carbons (Fsp3) is 0.565. The molecule has 9 rings (SSSR count). The highest BCUT2D eigenvalue weighted by atomic mass is 35.5. The molecular formula is C62H88Cl4N10O12S4Si2. The monoisotopic (exact) mass is 1490 g/mol. The molecule has 0 radical (unpaired) electrons. The highest BCUT2D eigenvalue weighted by Crippen LogP contribution is 2.42. The van der Waals surface area contributed by atoms with Crippen LogP contribution in [0.1, 0.15) is 156 Å². The van der Waals surface area contributed by atoms with Gasteiger partial charge in [-0.1, -0.05) is 102 Å². The fourth-order valence-corrected chi connectivity index (χ4v) is 16.3. The average molecular weight is 1490 g/mol. The summed E-state index contributed by atoms with van der Waals surface area (Å²) in [5.41, 5.74) is 8.72. The minimum atomic E-state index is -4.09. The molecule has 6 aromatic heterocycles. The van der Waals surface area contributed by atoms with Crippen molar-refractivity contribution in [3.05, 3.63) is 122 Å². The predicted octanol–water partition coefficient (Wildman–Crippen LogP) is 12.4. The summed E-state index contributed by atoms with van der Waals surface area (Å²) in [7, 11) is -7.89. The Kier molecular flexibility index (Phi) is 28.8. The summed E-state index contributed by atoms with van der Waals surface area (Å²) in [4.78, 5) is 64.2. The van der Waals surface area contributed by atoms with Crippen molar-refractivity contribution >= 4 is 136 Å². The topological polar surface area (TPSA) is 347 Å². The average Bonchev–Trinajstić information content (AvgIpc) is 1.61. The molecule has 3 saturated carbocycles. The van der Waals surface area contributed by atoms with Gasteiger partial charge in [-0.15, -0.1) is 34.0 Å². The number of hydrogen-bond donors (Lipinski definition) is 8. The lowest BCUT2D eigenvalue weighted by molar-refractivity contribution is 0.100. The number of aliphatic hydroxyl groups excluding tert-OH is 4. The molecule has 0 saturated heterocycles. The van der Waals surface area contributed by atoms with Crippen LogP contribution in [0.25, 0.3) is 0 Å². The Morgan fingerprint density at radius 2 is 1.00 bits per heavy atom. The molecule has 9 atom stereocenters. The number of aromatic nitrogens is 6. The lowest BCUT2D eigenvalue weighted by Gasteiger charge is -2.36. The second-order valence-electron chi connectivity index (χ2n) is 27.1. The van der Waals surface area contributed by atoms with Crippen LogP contribution in [-0.2, 0) is 43.2 Å². The summed E-state index contributed by atoms with van der Waals surface area (Å²) in [5, 5.41) is 49.5. The Morgan fingerprint density at radius 3 is 1.38 bits per heavy atom. The van der Waals surface area contributed by atoms with Crippen molar-refractivity contribution in [3.8, 4) is 0 Å². The zero-order chi connectivity index (χ0) is 69.8. The van der Waals surface area contributed by atoms with E-state index in [-0.39, 0.29) is 87.3 Å². The van der Waals surface area contributed by atoms with Crippen LogP contribution >= 0.6 is 80.4 Å². The molecule has 6 aromatic rings. The van der Waals surface area contributed by atoms with Crippen LogP contribution < -0.4 is 21.5 Å². The molecule has 3 fully saturated rings. The van der Waals surface area contributed by atoms with Crippen molar-refractivity contribution in [3.63, 3.8) is 0 Å². The van der Waals surface area contributed by atoms with Crippen molar-refractivity contribution in [1.29, 1.82) is 0 Å². The van der Waals surface area contributed by atoms with Crippen LogP contribution in [0.5, 0.6) is 0 Å². The number of carbonyl (C=O) groups is 3. The first-order chi connectivity index (χ1) is 43.9. The highest BCUT2D eigenvalue weighted by molar-refractivity contribution is 7.84. The Bertz CT molecular complexity index is 3650. The number of nitrogens with zero attached hydrogens (tertiary/aromatic N) is 6. The van der Waals surface area contributed by atoms with Crippen LogP contribution in [-0.4, -0.2) is 137 Å². The molecule has 0 amide bonds. The Balaban J connectivity index is 0.000000210. The zero-order valence-electron chi connectivity index (χ0n) is 54.9. The van der Waals surface area contributed by atoms with E-state index < -0.39 is 39.0 Å². The number of nitrogens with two attached hydrogens (primary N) is 2. The largest absolute Gasteiger partial charge is 0.412 e. The number of aliphatic hydroxyl groups is 4. The number of anilines is 2. The number of carbonyl (C=O) groups excluding carboxylic acids is 3. The van der Waals surface area contributed by atoms with Crippen molar-refractivity contribution in [2.45, 2.75) is 174 Å². The number of nitrogens with one attached hydrogen (secondary N) is 2. The van der Waals surface area contributed by atoms with E-state index in [0.29, 0.717) is 101 Å². The molecule has 0 bridgehead atoms. The SMILES string of the molecule is CC(C)(C)[Si](C)(C)OCc1cc(C(=O)c2cncnc2Cl)sc1Cl.C[C@H]1C[C@H](N)C[C@@H]1CO.C[C@H]1C[C@H](Nc2ncncc2C(=O)c2cc(CO[Si](C)(C)C(C)(C)C)c(Cl)s2)C[C@@H]1CO.NS(=O)(=O)OC[C@H]1C[C@@H](Nc2ncncc2C(=O)c2cc(CO)c(Cl)s2)C[C@@H]1O. The number of ketones is 3. The van der Waals surface area contributed by atoms with Gasteiger partial charge in [0, 0.05) is 72.5 Å². The van der Waals surface area contributed by atoms with Gasteiger partial charge in [-0.3, -0.25) is 18.6 Å². The third kappa shape index (κ3) is 21.8. The van der Waals surface area contributed by atoms with Crippen molar-refractivity contribution in [1.82, 2.24) is 29.9 Å². The quantitative estimate of drug-likeness (QED) is 0.0178. The summed E-state index contributed by atoms with van der Waals surface area (Å²) in [6, 6.07) is 5.37.